The van der Waals surface area contributed by atoms with Crippen LogP contribution in [0.25, 0.3) is 11.1 Å². The molecule has 0 aliphatic heterocycles. The predicted molar refractivity (Wildman–Crippen MR) is 159 cm³/mol. The van der Waals surface area contributed by atoms with Gasteiger partial charge in [0, 0.05) is 42.3 Å². The van der Waals surface area contributed by atoms with Gasteiger partial charge in [-0.05, 0) is 62.6 Å². The molecule has 0 radical (unpaired) electrons. The van der Waals surface area contributed by atoms with Gasteiger partial charge in [-0.15, -0.1) is 0 Å². The van der Waals surface area contributed by atoms with Crippen molar-refractivity contribution in [1.82, 2.24) is 4.90 Å². The van der Waals surface area contributed by atoms with Crippen LogP contribution in [0, 0.1) is 5.82 Å². The maximum atomic E-state index is 15.9. The van der Waals surface area contributed by atoms with E-state index in [4.69, 9.17) is 31.5 Å². The average Bonchev–Trinajstić information content (AvgIpc) is 2.92. The van der Waals surface area contributed by atoms with Crippen LogP contribution in [0.3, 0.4) is 0 Å². The quantitative estimate of drug-likeness (QED) is 0.230. The number of methoxy groups -OCH3 is 1. The lowest BCUT2D eigenvalue weighted by Gasteiger charge is -2.31. The number of hydrogen-bond acceptors (Lipinski definition) is 5. The van der Waals surface area contributed by atoms with E-state index in [2.05, 4.69) is 0 Å². The Morgan fingerprint density at radius 1 is 1.02 bits per heavy atom. The summed E-state index contributed by atoms with van der Waals surface area (Å²) in [7, 11) is 1.51. The molecule has 3 aromatic rings. The lowest BCUT2D eigenvalue weighted by molar-refractivity contribution is 0.0244. The van der Waals surface area contributed by atoms with Gasteiger partial charge in [-0.3, -0.25) is 4.79 Å². The smallest absolute Gasteiger partial charge is 0.410 e. The predicted octanol–water partition coefficient (Wildman–Crippen LogP) is 7.05. The zero-order valence-corrected chi connectivity index (χ0v) is 25.0. The molecule has 220 valence electrons. The third kappa shape index (κ3) is 8.44. The number of carbonyl (C=O) groups excluding carboxylic acids is 2. The maximum absolute atomic E-state index is 15.9. The Morgan fingerprint density at radius 3 is 2.34 bits per heavy atom. The summed E-state index contributed by atoms with van der Waals surface area (Å²) in [5.74, 6) is -1.92. The van der Waals surface area contributed by atoms with E-state index in [1.165, 1.54) is 19.2 Å². The summed E-state index contributed by atoms with van der Waals surface area (Å²) in [6.07, 6.45) is 0.313. The molecule has 0 saturated heterocycles. The van der Waals surface area contributed by atoms with Crippen LogP contribution in [0.15, 0.2) is 60.7 Å². The first-order valence-electron chi connectivity index (χ1n) is 13.5. The van der Waals surface area contributed by atoms with Crippen LogP contribution < -0.4 is 10.5 Å². The van der Waals surface area contributed by atoms with Crippen LogP contribution in [-0.2, 0) is 9.47 Å². The summed E-state index contributed by atoms with van der Waals surface area (Å²) in [5.41, 5.74) is 6.90. The molecule has 9 heteroatoms. The number of hydrogen-bond donors (Lipinski definition) is 1. The van der Waals surface area contributed by atoms with Crippen LogP contribution in [0.5, 0.6) is 5.75 Å². The number of rotatable bonds is 12. The maximum Gasteiger partial charge on any atom is 0.410 e. The van der Waals surface area contributed by atoms with E-state index in [0.717, 1.165) is 17.5 Å². The van der Waals surface area contributed by atoms with Gasteiger partial charge in [0.2, 0.25) is 5.91 Å². The molecule has 7 nitrogen and oxygen atoms in total. The Labute approximate surface area is 246 Å². The second kappa shape index (κ2) is 14.3. The van der Waals surface area contributed by atoms with E-state index in [-0.39, 0.29) is 46.6 Å². The van der Waals surface area contributed by atoms with Crippen molar-refractivity contribution in [2.45, 2.75) is 45.6 Å². The zero-order chi connectivity index (χ0) is 30.2. The fraction of sp³-hybridized carbons (Fsp3) is 0.375. The van der Waals surface area contributed by atoms with E-state index >= 15 is 4.39 Å². The lowest BCUT2D eigenvalue weighted by Crippen LogP contribution is -2.39. The number of ether oxygens (including phenoxy) is 3. The van der Waals surface area contributed by atoms with Crippen LogP contribution in [-0.4, -0.2) is 55.9 Å². The minimum Gasteiger partial charge on any atom is -0.488 e. The summed E-state index contributed by atoms with van der Waals surface area (Å²) >= 11 is 6.62. The number of nitrogens with zero attached hydrogens (tertiary/aromatic N) is 1. The third-order valence-corrected chi connectivity index (χ3v) is 6.66. The first-order chi connectivity index (χ1) is 19.5. The highest BCUT2D eigenvalue weighted by Gasteiger charge is 2.28. The summed E-state index contributed by atoms with van der Waals surface area (Å²) in [5, 5.41) is 0.230. The number of carbonyl (C=O) groups is 2. The monoisotopic (exact) mass is 584 g/mol. The largest absolute Gasteiger partial charge is 0.488 e. The third-order valence-electron chi connectivity index (χ3n) is 6.33. The molecule has 0 aromatic heterocycles. The minimum absolute atomic E-state index is 0.0294. The molecule has 0 heterocycles. The molecule has 3 aromatic carbocycles. The van der Waals surface area contributed by atoms with Crippen molar-refractivity contribution in [3.8, 4) is 16.9 Å². The minimum atomic E-state index is -0.803. The SMILES string of the molecule is CCCN(CC(c1ccccc1)c1ccc(Cl)c(-c2c(C(N)=O)ccc(OCCOC)c2F)c1)C(=O)OC(C)(C)C. The highest BCUT2D eigenvalue weighted by atomic mass is 35.5. The summed E-state index contributed by atoms with van der Waals surface area (Å²) in [6.45, 7) is 8.63. The highest BCUT2D eigenvalue weighted by Crippen LogP contribution is 2.39. The topological polar surface area (TPSA) is 91.1 Å². The second-order valence-corrected chi connectivity index (χ2v) is 11.0. The van der Waals surface area contributed by atoms with Gasteiger partial charge in [-0.1, -0.05) is 54.9 Å². The molecule has 0 aliphatic rings. The van der Waals surface area contributed by atoms with Crippen molar-refractivity contribution < 1.29 is 28.2 Å². The Balaban J connectivity index is 2.15. The Morgan fingerprint density at radius 2 is 1.73 bits per heavy atom. The summed E-state index contributed by atoms with van der Waals surface area (Å²) < 4.78 is 32.2. The molecule has 2 amide bonds. The van der Waals surface area contributed by atoms with E-state index in [1.807, 2.05) is 64.1 Å². The Bertz CT molecular complexity index is 1340. The number of halogens is 2. The molecule has 1 atom stereocenters. The molecule has 0 aliphatic carbocycles. The van der Waals surface area contributed by atoms with Gasteiger partial charge in [0.1, 0.15) is 12.2 Å². The van der Waals surface area contributed by atoms with E-state index < -0.39 is 23.4 Å². The van der Waals surface area contributed by atoms with Crippen molar-refractivity contribution >= 4 is 23.6 Å². The summed E-state index contributed by atoms with van der Waals surface area (Å²) in [6, 6.07) is 17.7. The van der Waals surface area contributed by atoms with Gasteiger partial charge in [-0.25, -0.2) is 9.18 Å². The second-order valence-electron chi connectivity index (χ2n) is 10.6. The number of benzene rings is 3. The summed E-state index contributed by atoms with van der Waals surface area (Å²) in [4.78, 5) is 27.2. The van der Waals surface area contributed by atoms with Crippen molar-refractivity contribution in [2.75, 3.05) is 33.4 Å². The Kier molecular flexibility index (Phi) is 11.1. The number of amides is 2. The molecular weight excluding hydrogens is 547 g/mol. The molecule has 41 heavy (non-hydrogen) atoms. The first kappa shape index (κ1) is 31.9. The normalized spacial score (nSPS) is 12.1. The van der Waals surface area contributed by atoms with Crippen LogP contribution >= 0.6 is 11.6 Å². The van der Waals surface area contributed by atoms with Gasteiger partial charge in [-0.2, -0.15) is 0 Å². The molecule has 0 bridgehead atoms. The Hall–Kier alpha value is -3.62. The van der Waals surface area contributed by atoms with E-state index in [1.54, 1.807) is 17.0 Å². The van der Waals surface area contributed by atoms with Crippen molar-refractivity contribution in [1.29, 1.82) is 0 Å². The molecule has 1 unspecified atom stereocenters. The van der Waals surface area contributed by atoms with Gasteiger partial charge in [0.25, 0.3) is 0 Å². The lowest BCUT2D eigenvalue weighted by atomic mass is 9.87. The van der Waals surface area contributed by atoms with Crippen LogP contribution in [0.1, 0.15) is 61.5 Å². The number of nitrogens with two attached hydrogens (primary N) is 1. The average molecular weight is 585 g/mol. The fourth-order valence-electron chi connectivity index (χ4n) is 4.49. The van der Waals surface area contributed by atoms with Crippen molar-refractivity contribution in [3.63, 3.8) is 0 Å². The number of primary amides is 1. The first-order valence-corrected chi connectivity index (χ1v) is 13.9. The van der Waals surface area contributed by atoms with Gasteiger partial charge >= 0.3 is 6.09 Å². The molecule has 0 saturated carbocycles. The highest BCUT2D eigenvalue weighted by molar-refractivity contribution is 6.33. The van der Waals surface area contributed by atoms with E-state index in [0.29, 0.717) is 13.1 Å². The van der Waals surface area contributed by atoms with Crippen LogP contribution in [0.2, 0.25) is 5.02 Å². The van der Waals surface area contributed by atoms with E-state index in [9.17, 15) is 9.59 Å². The zero-order valence-electron chi connectivity index (χ0n) is 24.2. The van der Waals surface area contributed by atoms with Crippen molar-refractivity contribution in [2.24, 2.45) is 5.73 Å². The van der Waals surface area contributed by atoms with Crippen molar-refractivity contribution in [3.05, 3.63) is 88.2 Å². The van der Waals surface area contributed by atoms with Gasteiger partial charge in [0.05, 0.1) is 12.2 Å². The van der Waals surface area contributed by atoms with Crippen LogP contribution in [0.4, 0.5) is 9.18 Å². The standard InChI is InChI=1S/C32H38ClFN2O5/c1-6-16-36(31(38)41-32(2,3)4)20-25(21-10-8-7-9-11-21)22-12-14-26(33)24(19-22)28-23(30(35)37)13-15-27(29(28)34)40-18-17-39-5/h7-15,19,25H,6,16-18,20H2,1-5H3,(H2,35,37). The molecule has 3 rings (SSSR count). The fourth-order valence-corrected chi connectivity index (χ4v) is 4.70. The molecule has 0 spiro atoms. The van der Waals surface area contributed by atoms with Gasteiger partial charge < -0.3 is 24.8 Å². The molecular formula is C32H38ClFN2O5. The van der Waals surface area contributed by atoms with Gasteiger partial charge in [0.15, 0.2) is 11.6 Å². The molecule has 0 fully saturated rings. The molecule has 2 N–H and O–H groups in total.